The maximum atomic E-state index is 11.7. The van der Waals surface area contributed by atoms with E-state index in [1.807, 2.05) is 4.72 Å². The van der Waals surface area contributed by atoms with Gasteiger partial charge in [-0.2, -0.15) is 0 Å². The van der Waals surface area contributed by atoms with E-state index >= 15 is 0 Å². The highest BCUT2D eigenvalue weighted by atomic mass is 79.9. The van der Waals surface area contributed by atoms with Gasteiger partial charge in [0.25, 0.3) is 10.0 Å². The molecule has 7 heteroatoms. The van der Waals surface area contributed by atoms with Crippen LogP contribution in [0.25, 0.3) is 0 Å². The van der Waals surface area contributed by atoms with Crippen LogP contribution >= 0.6 is 15.9 Å². The van der Waals surface area contributed by atoms with Crippen LogP contribution in [0.5, 0.6) is 0 Å². The highest BCUT2D eigenvalue weighted by Gasteiger charge is 2.17. The van der Waals surface area contributed by atoms with E-state index in [4.69, 9.17) is 0 Å². The summed E-state index contributed by atoms with van der Waals surface area (Å²) >= 11 is 3.20. The number of urea groups is 1. The van der Waals surface area contributed by atoms with E-state index in [0.29, 0.717) is 0 Å². The van der Waals surface area contributed by atoms with E-state index in [1.165, 1.54) is 12.1 Å². The molecule has 2 amide bonds. The minimum absolute atomic E-state index is 0.0413. The standard InChI is InChI=1S/C10H13BrN2O3S/c1-7(2)12-10(14)13-17(15,16)9-5-3-8(11)4-6-9/h3-7H,1-2H3,(H2,12,13,14). The number of hydrogen-bond donors (Lipinski definition) is 2. The molecule has 1 aromatic rings. The minimum atomic E-state index is -3.80. The van der Waals surface area contributed by atoms with Crippen molar-refractivity contribution in [1.29, 1.82) is 0 Å². The van der Waals surface area contributed by atoms with Gasteiger partial charge in [-0.3, -0.25) is 0 Å². The Kier molecular flexibility index (Phi) is 4.53. The Labute approximate surface area is 109 Å². The SMILES string of the molecule is CC(C)NC(=O)NS(=O)(=O)c1ccc(Br)cc1. The Hall–Kier alpha value is -1.08. The first-order valence-corrected chi connectivity index (χ1v) is 7.18. The van der Waals surface area contributed by atoms with Crippen molar-refractivity contribution in [1.82, 2.24) is 10.0 Å². The van der Waals surface area contributed by atoms with Gasteiger partial charge in [0.2, 0.25) is 0 Å². The number of amides is 2. The minimum Gasteiger partial charge on any atom is -0.335 e. The van der Waals surface area contributed by atoms with Gasteiger partial charge >= 0.3 is 6.03 Å². The number of benzene rings is 1. The van der Waals surface area contributed by atoms with Crippen LogP contribution in [0.2, 0.25) is 0 Å². The lowest BCUT2D eigenvalue weighted by Gasteiger charge is -2.10. The molecular formula is C10H13BrN2O3S. The average molecular weight is 321 g/mol. The van der Waals surface area contributed by atoms with E-state index in [2.05, 4.69) is 21.2 Å². The normalized spacial score (nSPS) is 11.3. The number of carbonyl (C=O) groups is 1. The molecule has 0 unspecified atom stereocenters. The summed E-state index contributed by atoms with van der Waals surface area (Å²) in [5, 5.41) is 2.44. The first-order valence-electron chi connectivity index (χ1n) is 4.90. The molecule has 94 valence electrons. The van der Waals surface area contributed by atoms with Crippen LogP contribution < -0.4 is 10.0 Å². The van der Waals surface area contributed by atoms with Crippen LogP contribution in [0.3, 0.4) is 0 Å². The summed E-state index contributed by atoms with van der Waals surface area (Å²) in [6.45, 7) is 3.48. The van der Waals surface area contributed by atoms with Crippen molar-refractivity contribution in [2.24, 2.45) is 0 Å². The zero-order valence-corrected chi connectivity index (χ0v) is 11.8. The number of hydrogen-bond acceptors (Lipinski definition) is 3. The summed E-state index contributed by atoms with van der Waals surface area (Å²) < 4.78 is 26.2. The smallest absolute Gasteiger partial charge is 0.328 e. The van der Waals surface area contributed by atoms with Gasteiger partial charge in [0.05, 0.1) is 4.90 Å². The molecule has 1 aromatic carbocycles. The summed E-state index contributed by atoms with van der Waals surface area (Å²) in [7, 11) is -3.80. The second kappa shape index (κ2) is 5.50. The molecule has 0 heterocycles. The van der Waals surface area contributed by atoms with Gasteiger partial charge in [0, 0.05) is 10.5 Å². The molecule has 2 N–H and O–H groups in total. The van der Waals surface area contributed by atoms with Crippen molar-refractivity contribution in [3.05, 3.63) is 28.7 Å². The highest BCUT2D eigenvalue weighted by molar-refractivity contribution is 9.10. The van der Waals surface area contributed by atoms with Crippen LogP contribution in [-0.2, 0) is 10.0 Å². The zero-order valence-electron chi connectivity index (χ0n) is 9.40. The van der Waals surface area contributed by atoms with E-state index in [0.717, 1.165) is 4.47 Å². The van der Waals surface area contributed by atoms with Crippen molar-refractivity contribution in [3.63, 3.8) is 0 Å². The third-order valence-corrected chi connectivity index (χ3v) is 3.65. The average Bonchev–Trinajstić information content (AvgIpc) is 2.15. The predicted octanol–water partition coefficient (Wildman–Crippen LogP) is 1.85. The zero-order chi connectivity index (χ0) is 13.1. The Bertz CT molecular complexity index is 497. The maximum absolute atomic E-state index is 11.7. The number of nitrogens with one attached hydrogen (secondary N) is 2. The molecule has 17 heavy (non-hydrogen) atoms. The van der Waals surface area contributed by atoms with Crippen molar-refractivity contribution in [2.45, 2.75) is 24.8 Å². The van der Waals surface area contributed by atoms with Gasteiger partial charge < -0.3 is 5.32 Å². The predicted molar refractivity (Wildman–Crippen MR) is 68.1 cm³/mol. The van der Waals surface area contributed by atoms with Gasteiger partial charge in [0.15, 0.2) is 0 Å². The number of carbonyl (C=O) groups excluding carboxylic acids is 1. The molecule has 0 aromatic heterocycles. The summed E-state index contributed by atoms with van der Waals surface area (Å²) in [5.41, 5.74) is 0. The number of rotatable bonds is 3. The Morgan fingerprint density at radius 1 is 1.24 bits per heavy atom. The first kappa shape index (κ1) is 14.0. The van der Waals surface area contributed by atoms with Crippen molar-refractivity contribution in [3.8, 4) is 0 Å². The van der Waals surface area contributed by atoms with Gasteiger partial charge in [-0.25, -0.2) is 17.9 Å². The largest absolute Gasteiger partial charge is 0.335 e. The van der Waals surface area contributed by atoms with E-state index in [9.17, 15) is 13.2 Å². The fourth-order valence-electron chi connectivity index (χ4n) is 1.09. The fraction of sp³-hybridized carbons (Fsp3) is 0.300. The Balaban J connectivity index is 2.82. The van der Waals surface area contributed by atoms with Crippen LogP contribution in [-0.4, -0.2) is 20.5 Å². The number of halogens is 1. The maximum Gasteiger partial charge on any atom is 0.328 e. The van der Waals surface area contributed by atoms with Crippen molar-refractivity contribution >= 4 is 32.0 Å². The second-order valence-electron chi connectivity index (χ2n) is 3.69. The van der Waals surface area contributed by atoms with Crippen LogP contribution in [0.1, 0.15) is 13.8 Å². The van der Waals surface area contributed by atoms with Crippen LogP contribution in [0, 0.1) is 0 Å². The molecule has 1 rings (SSSR count). The molecular weight excluding hydrogens is 308 g/mol. The third kappa shape index (κ3) is 4.35. The monoisotopic (exact) mass is 320 g/mol. The number of sulfonamides is 1. The Morgan fingerprint density at radius 2 is 1.76 bits per heavy atom. The molecule has 0 aliphatic rings. The summed E-state index contributed by atoms with van der Waals surface area (Å²) in [6, 6.07) is 5.14. The molecule has 0 saturated heterocycles. The van der Waals surface area contributed by atoms with Gasteiger partial charge in [0.1, 0.15) is 0 Å². The quantitative estimate of drug-likeness (QED) is 0.892. The lowest BCUT2D eigenvalue weighted by Crippen LogP contribution is -2.42. The summed E-state index contributed by atoms with van der Waals surface area (Å²) in [5.74, 6) is 0. The molecule has 0 spiro atoms. The molecule has 0 saturated carbocycles. The van der Waals surface area contributed by atoms with Crippen molar-refractivity contribution < 1.29 is 13.2 Å². The van der Waals surface area contributed by atoms with Gasteiger partial charge in [-0.1, -0.05) is 15.9 Å². The van der Waals surface area contributed by atoms with Gasteiger partial charge in [-0.05, 0) is 38.1 Å². The van der Waals surface area contributed by atoms with Crippen LogP contribution in [0.15, 0.2) is 33.6 Å². The van der Waals surface area contributed by atoms with E-state index in [1.54, 1.807) is 26.0 Å². The Morgan fingerprint density at radius 3 is 2.24 bits per heavy atom. The lowest BCUT2D eigenvalue weighted by atomic mass is 10.4. The molecule has 0 atom stereocenters. The van der Waals surface area contributed by atoms with Crippen LogP contribution in [0.4, 0.5) is 4.79 Å². The molecule has 0 bridgehead atoms. The van der Waals surface area contributed by atoms with E-state index in [-0.39, 0.29) is 10.9 Å². The molecule has 0 radical (unpaired) electrons. The summed E-state index contributed by atoms with van der Waals surface area (Å²) in [6.07, 6.45) is 0. The highest BCUT2D eigenvalue weighted by Crippen LogP contribution is 2.14. The fourth-order valence-corrected chi connectivity index (χ4v) is 2.27. The molecule has 0 fully saturated rings. The van der Waals surface area contributed by atoms with E-state index < -0.39 is 16.1 Å². The molecule has 0 aliphatic carbocycles. The van der Waals surface area contributed by atoms with Gasteiger partial charge in [-0.15, -0.1) is 0 Å². The van der Waals surface area contributed by atoms with Crippen molar-refractivity contribution in [2.75, 3.05) is 0 Å². The lowest BCUT2D eigenvalue weighted by molar-refractivity contribution is 0.243. The summed E-state index contributed by atoms with van der Waals surface area (Å²) in [4.78, 5) is 11.3. The second-order valence-corrected chi connectivity index (χ2v) is 6.29. The molecule has 0 aliphatic heterocycles. The molecule has 5 nitrogen and oxygen atoms in total. The topological polar surface area (TPSA) is 75.3 Å². The third-order valence-electron chi connectivity index (χ3n) is 1.77. The first-order chi connectivity index (χ1) is 7.81.